The molecule has 9 heteroatoms. The SMILES string of the molecule is C=CC(=O)Nc1cc(Nc2nccc(-c3cn(C)c4ccccc34)n2)c(OC)cc1N(C)CCN1CCC(C)C1. The van der Waals surface area contributed by atoms with Crippen LogP contribution in [0.4, 0.5) is 23.0 Å². The molecule has 1 amide bonds. The standard InChI is InChI=1S/C31H37N7O2/c1-6-30(39)33-25-17-26(29(40-5)18-28(25)36(3)15-16-38-14-12-21(2)19-38)35-31-32-13-11-24(34-31)23-20-37(4)27-10-8-7-9-22(23)27/h6-11,13,17-18,20-21H,1,12,14-16,19H2,2-5H3,(H,33,39)(H,32,34,35). The van der Waals surface area contributed by atoms with Gasteiger partial charge in [-0.25, -0.2) is 9.97 Å². The van der Waals surface area contributed by atoms with Gasteiger partial charge in [-0.3, -0.25) is 4.79 Å². The van der Waals surface area contributed by atoms with Crippen molar-refractivity contribution >= 4 is 39.8 Å². The van der Waals surface area contributed by atoms with E-state index >= 15 is 0 Å². The van der Waals surface area contributed by atoms with Crippen molar-refractivity contribution in [2.24, 2.45) is 13.0 Å². The van der Waals surface area contributed by atoms with E-state index in [-0.39, 0.29) is 5.91 Å². The molecule has 1 atom stereocenters. The zero-order valence-corrected chi connectivity index (χ0v) is 23.6. The van der Waals surface area contributed by atoms with Crippen molar-refractivity contribution in [2.75, 3.05) is 55.9 Å². The van der Waals surface area contributed by atoms with Crippen LogP contribution >= 0.6 is 0 Å². The van der Waals surface area contributed by atoms with Crippen LogP contribution in [0.2, 0.25) is 0 Å². The normalized spacial score (nSPS) is 15.2. The fourth-order valence-corrected chi connectivity index (χ4v) is 5.31. The minimum Gasteiger partial charge on any atom is -0.494 e. The molecule has 0 saturated carbocycles. The second-order valence-corrected chi connectivity index (χ2v) is 10.4. The Morgan fingerprint density at radius 3 is 2.83 bits per heavy atom. The predicted molar refractivity (Wildman–Crippen MR) is 163 cm³/mol. The number of aromatic nitrogens is 3. The Morgan fingerprint density at radius 1 is 1.25 bits per heavy atom. The maximum atomic E-state index is 12.4. The van der Waals surface area contributed by atoms with E-state index in [9.17, 15) is 4.79 Å². The molecule has 9 nitrogen and oxygen atoms in total. The van der Waals surface area contributed by atoms with Crippen LogP contribution in [0.1, 0.15) is 13.3 Å². The fraction of sp³-hybridized carbons (Fsp3) is 0.323. The van der Waals surface area contributed by atoms with E-state index in [0.29, 0.717) is 23.1 Å². The molecule has 1 unspecified atom stereocenters. The van der Waals surface area contributed by atoms with Gasteiger partial charge in [0.05, 0.1) is 29.9 Å². The fourth-order valence-electron chi connectivity index (χ4n) is 5.31. The van der Waals surface area contributed by atoms with E-state index in [1.807, 2.05) is 44.4 Å². The van der Waals surface area contributed by atoms with Crippen LogP contribution in [-0.2, 0) is 11.8 Å². The largest absolute Gasteiger partial charge is 0.494 e. The van der Waals surface area contributed by atoms with Crippen molar-refractivity contribution in [3.05, 3.63) is 67.5 Å². The molecule has 0 bridgehead atoms. The highest BCUT2D eigenvalue weighted by Gasteiger charge is 2.21. The lowest BCUT2D eigenvalue weighted by Crippen LogP contribution is -2.32. The molecular weight excluding hydrogens is 502 g/mol. The third kappa shape index (κ3) is 5.79. The van der Waals surface area contributed by atoms with Gasteiger partial charge < -0.3 is 29.7 Å². The van der Waals surface area contributed by atoms with E-state index in [4.69, 9.17) is 9.72 Å². The van der Waals surface area contributed by atoms with Crippen LogP contribution in [0.25, 0.3) is 22.2 Å². The van der Waals surface area contributed by atoms with Crippen LogP contribution in [0.5, 0.6) is 5.75 Å². The van der Waals surface area contributed by atoms with Gasteiger partial charge in [-0.1, -0.05) is 31.7 Å². The monoisotopic (exact) mass is 539 g/mol. The van der Waals surface area contributed by atoms with Crippen LogP contribution in [-0.4, -0.2) is 65.7 Å². The van der Waals surface area contributed by atoms with Gasteiger partial charge >= 0.3 is 0 Å². The van der Waals surface area contributed by atoms with E-state index in [2.05, 4.69) is 61.8 Å². The highest BCUT2D eigenvalue weighted by atomic mass is 16.5. The number of ether oxygens (including phenoxy) is 1. The summed E-state index contributed by atoms with van der Waals surface area (Å²) < 4.78 is 7.87. The summed E-state index contributed by atoms with van der Waals surface area (Å²) in [6.07, 6.45) is 6.32. The number of benzene rings is 2. The topological polar surface area (TPSA) is 87.5 Å². The zero-order chi connectivity index (χ0) is 28.2. The summed E-state index contributed by atoms with van der Waals surface area (Å²) in [7, 11) is 5.69. The number of amides is 1. The van der Waals surface area contributed by atoms with Crippen molar-refractivity contribution in [1.29, 1.82) is 0 Å². The lowest BCUT2D eigenvalue weighted by molar-refractivity contribution is -0.111. The van der Waals surface area contributed by atoms with Crippen molar-refractivity contribution in [2.45, 2.75) is 13.3 Å². The molecule has 3 heterocycles. The zero-order valence-electron chi connectivity index (χ0n) is 23.6. The van der Waals surface area contributed by atoms with E-state index in [1.54, 1.807) is 13.3 Å². The number of rotatable bonds is 10. The molecule has 0 radical (unpaired) electrons. The van der Waals surface area contributed by atoms with Crippen molar-refractivity contribution < 1.29 is 9.53 Å². The minimum atomic E-state index is -0.284. The molecule has 1 aliphatic heterocycles. The lowest BCUT2D eigenvalue weighted by Gasteiger charge is -2.26. The molecule has 1 aliphatic rings. The van der Waals surface area contributed by atoms with Gasteiger partial charge in [0.1, 0.15) is 5.75 Å². The van der Waals surface area contributed by atoms with Crippen LogP contribution in [0, 0.1) is 5.92 Å². The smallest absolute Gasteiger partial charge is 0.247 e. The summed E-state index contributed by atoms with van der Waals surface area (Å²) >= 11 is 0. The van der Waals surface area contributed by atoms with Gasteiger partial charge in [0, 0.05) is 68.7 Å². The number of hydrogen-bond acceptors (Lipinski definition) is 7. The third-order valence-corrected chi connectivity index (χ3v) is 7.51. The number of nitrogens with one attached hydrogen (secondary N) is 2. The number of methoxy groups -OCH3 is 1. The van der Waals surface area contributed by atoms with Gasteiger partial charge in [0.2, 0.25) is 11.9 Å². The summed E-state index contributed by atoms with van der Waals surface area (Å²) in [5, 5.41) is 7.39. The number of carbonyl (C=O) groups excluding carboxylic acids is 1. The second kappa shape index (κ2) is 11.8. The average molecular weight is 540 g/mol. The van der Waals surface area contributed by atoms with E-state index in [0.717, 1.165) is 59.9 Å². The predicted octanol–water partition coefficient (Wildman–Crippen LogP) is 5.29. The molecule has 5 rings (SSSR count). The number of anilines is 4. The number of nitrogens with zero attached hydrogens (tertiary/aromatic N) is 5. The summed E-state index contributed by atoms with van der Waals surface area (Å²) in [4.78, 5) is 26.3. The number of likely N-dealkylation sites (tertiary alicyclic amines) is 1. The number of likely N-dealkylation sites (N-methyl/N-ethyl adjacent to an activating group) is 1. The molecule has 4 aromatic rings. The van der Waals surface area contributed by atoms with Crippen LogP contribution in [0.15, 0.2) is 67.5 Å². The molecule has 0 spiro atoms. The molecule has 2 aromatic heterocycles. The van der Waals surface area contributed by atoms with Gasteiger partial charge in [-0.2, -0.15) is 0 Å². The quantitative estimate of drug-likeness (QED) is 0.265. The molecule has 2 aromatic carbocycles. The molecule has 0 aliphatic carbocycles. The summed E-state index contributed by atoms with van der Waals surface area (Å²) in [6, 6.07) is 13.9. The van der Waals surface area contributed by atoms with Gasteiger partial charge in [0.15, 0.2) is 0 Å². The Balaban J connectivity index is 1.44. The molecule has 2 N–H and O–H groups in total. The first-order valence-electron chi connectivity index (χ1n) is 13.6. The molecule has 1 saturated heterocycles. The van der Waals surface area contributed by atoms with Crippen LogP contribution in [0.3, 0.4) is 0 Å². The number of aryl methyl sites for hydroxylation is 1. The highest BCUT2D eigenvalue weighted by Crippen LogP contribution is 2.38. The lowest BCUT2D eigenvalue weighted by atomic mass is 10.1. The third-order valence-electron chi connectivity index (χ3n) is 7.51. The summed E-state index contributed by atoms with van der Waals surface area (Å²) in [5.41, 5.74) is 5.11. The summed E-state index contributed by atoms with van der Waals surface area (Å²) in [5.74, 6) is 1.49. The first-order chi connectivity index (χ1) is 19.4. The Hall–Kier alpha value is -4.37. The Bertz CT molecular complexity index is 1530. The number of carbonyl (C=O) groups is 1. The molecule has 40 heavy (non-hydrogen) atoms. The van der Waals surface area contributed by atoms with Crippen molar-refractivity contribution in [3.63, 3.8) is 0 Å². The Labute approximate surface area is 235 Å². The highest BCUT2D eigenvalue weighted by molar-refractivity contribution is 6.02. The Kier molecular flexibility index (Phi) is 8.02. The minimum absolute atomic E-state index is 0.284. The number of para-hydroxylation sites is 1. The van der Waals surface area contributed by atoms with E-state index in [1.165, 1.54) is 12.5 Å². The van der Waals surface area contributed by atoms with Gasteiger partial charge in [-0.15, -0.1) is 0 Å². The first kappa shape index (κ1) is 27.2. The van der Waals surface area contributed by atoms with Crippen molar-refractivity contribution in [1.82, 2.24) is 19.4 Å². The number of hydrogen-bond donors (Lipinski definition) is 2. The molecule has 208 valence electrons. The maximum absolute atomic E-state index is 12.4. The Morgan fingerprint density at radius 2 is 2.08 bits per heavy atom. The molecular formula is C31H37N7O2. The maximum Gasteiger partial charge on any atom is 0.247 e. The number of fused-ring (bicyclic) bond motifs is 1. The summed E-state index contributed by atoms with van der Waals surface area (Å²) in [6.45, 7) is 9.93. The van der Waals surface area contributed by atoms with E-state index < -0.39 is 0 Å². The second-order valence-electron chi connectivity index (χ2n) is 10.4. The first-order valence-corrected chi connectivity index (χ1v) is 13.6. The van der Waals surface area contributed by atoms with Gasteiger partial charge in [0.25, 0.3) is 0 Å². The average Bonchev–Trinajstić information content (AvgIpc) is 3.54. The molecule has 1 fully saturated rings. The van der Waals surface area contributed by atoms with Gasteiger partial charge in [-0.05, 0) is 43.2 Å². The van der Waals surface area contributed by atoms with Crippen LogP contribution < -0.4 is 20.3 Å². The van der Waals surface area contributed by atoms with Crippen molar-refractivity contribution in [3.8, 4) is 17.0 Å².